The van der Waals surface area contributed by atoms with E-state index in [0.29, 0.717) is 6.54 Å². The first-order valence-corrected chi connectivity index (χ1v) is 6.76. The lowest BCUT2D eigenvalue weighted by molar-refractivity contribution is 0.301. The highest BCUT2D eigenvalue weighted by Crippen LogP contribution is 2.30. The Labute approximate surface area is 113 Å². The maximum Gasteiger partial charge on any atom is 0.0606 e. The molecule has 102 valence electrons. The van der Waals surface area contributed by atoms with Gasteiger partial charge in [0, 0.05) is 47.6 Å². The largest absolute Gasteiger partial charge is 0.398 e. The molecule has 2 aromatic rings. The molecule has 3 N–H and O–H groups in total. The summed E-state index contributed by atoms with van der Waals surface area (Å²) in [5, 5.41) is 11.3. The average Bonchev–Trinajstić information content (AvgIpc) is 2.45. The van der Waals surface area contributed by atoms with E-state index in [4.69, 9.17) is 5.73 Å². The molecule has 4 nitrogen and oxygen atoms in total. The Morgan fingerprint density at radius 1 is 1.21 bits per heavy atom. The number of rotatable bonds is 6. The van der Waals surface area contributed by atoms with Gasteiger partial charge in [-0.05, 0) is 24.6 Å². The van der Waals surface area contributed by atoms with E-state index in [1.165, 1.54) is 0 Å². The number of unbranched alkanes of at least 4 members (excludes halogenated alkanes) is 1. The molecule has 0 radical (unpaired) electrons. The molecule has 0 fully saturated rings. The van der Waals surface area contributed by atoms with Gasteiger partial charge in [-0.25, -0.2) is 0 Å². The van der Waals surface area contributed by atoms with Crippen molar-refractivity contribution in [2.45, 2.75) is 19.8 Å². The molecule has 0 aliphatic rings. The second-order valence-electron chi connectivity index (χ2n) is 4.66. The molecule has 0 amide bonds. The Morgan fingerprint density at radius 2 is 2.05 bits per heavy atom. The molecule has 0 saturated carbocycles. The third kappa shape index (κ3) is 2.96. The molecule has 1 heterocycles. The van der Waals surface area contributed by atoms with E-state index in [1.807, 2.05) is 18.2 Å². The third-order valence-electron chi connectivity index (χ3n) is 3.32. The van der Waals surface area contributed by atoms with Crippen LogP contribution in [0.4, 0.5) is 11.4 Å². The Kier molecular flexibility index (Phi) is 4.58. The van der Waals surface area contributed by atoms with E-state index >= 15 is 0 Å². The van der Waals surface area contributed by atoms with Crippen LogP contribution in [0, 0.1) is 0 Å². The van der Waals surface area contributed by atoms with E-state index in [2.05, 4.69) is 16.8 Å². The van der Waals surface area contributed by atoms with E-state index in [1.54, 1.807) is 12.4 Å². The zero-order chi connectivity index (χ0) is 13.7. The van der Waals surface area contributed by atoms with Gasteiger partial charge < -0.3 is 15.7 Å². The zero-order valence-electron chi connectivity index (χ0n) is 11.3. The van der Waals surface area contributed by atoms with Crippen molar-refractivity contribution in [2.75, 3.05) is 30.3 Å². The molecule has 0 aliphatic carbocycles. The quantitative estimate of drug-likeness (QED) is 0.782. The van der Waals surface area contributed by atoms with Crippen LogP contribution in [0.25, 0.3) is 10.8 Å². The van der Waals surface area contributed by atoms with Gasteiger partial charge in [-0.15, -0.1) is 0 Å². The van der Waals surface area contributed by atoms with Gasteiger partial charge >= 0.3 is 0 Å². The average molecular weight is 259 g/mol. The molecule has 0 unspecified atom stereocenters. The predicted octanol–water partition coefficient (Wildman–Crippen LogP) is 2.42. The SMILES string of the molecule is CCCCN(CCO)c1ccc(N)c2cnccc12. The summed E-state index contributed by atoms with van der Waals surface area (Å²) in [5.41, 5.74) is 7.85. The molecule has 0 spiro atoms. The second kappa shape index (κ2) is 6.38. The smallest absolute Gasteiger partial charge is 0.0606 e. The number of benzene rings is 1. The number of aliphatic hydroxyl groups is 1. The summed E-state index contributed by atoms with van der Waals surface area (Å²) in [4.78, 5) is 6.35. The van der Waals surface area contributed by atoms with Gasteiger partial charge in [0.15, 0.2) is 0 Å². The molecule has 0 atom stereocenters. The highest BCUT2D eigenvalue weighted by molar-refractivity contribution is 6.00. The number of nitrogens with two attached hydrogens (primary N) is 1. The van der Waals surface area contributed by atoms with E-state index < -0.39 is 0 Å². The molecule has 0 saturated heterocycles. The monoisotopic (exact) mass is 259 g/mol. The van der Waals surface area contributed by atoms with Crippen molar-refractivity contribution in [1.82, 2.24) is 4.98 Å². The Morgan fingerprint density at radius 3 is 2.79 bits per heavy atom. The van der Waals surface area contributed by atoms with Crippen LogP contribution in [0.3, 0.4) is 0 Å². The maximum absolute atomic E-state index is 9.25. The Balaban J connectivity index is 2.44. The number of nitrogen functional groups attached to an aromatic ring is 1. The van der Waals surface area contributed by atoms with Crippen molar-refractivity contribution in [3.05, 3.63) is 30.6 Å². The topological polar surface area (TPSA) is 62.4 Å². The van der Waals surface area contributed by atoms with Gasteiger partial charge in [0.2, 0.25) is 0 Å². The molecule has 0 bridgehead atoms. The summed E-state index contributed by atoms with van der Waals surface area (Å²) in [5.74, 6) is 0. The summed E-state index contributed by atoms with van der Waals surface area (Å²) >= 11 is 0. The molecule has 1 aromatic heterocycles. The second-order valence-corrected chi connectivity index (χ2v) is 4.66. The van der Waals surface area contributed by atoms with Crippen LogP contribution >= 0.6 is 0 Å². The van der Waals surface area contributed by atoms with Crippen molar-refractivity contribution in [1.29, 1.82) is 0 Å². The number of fused-ring (bicyclic) bond motifs is 1. The van der Waals surface area contributed by atoms with Gasteiger partial charge in [-0.3, -0.25) is 4.98 Å². The van der Waals surface area contributed by atoms with Crippen LogP contribution in [0.15, 0.2) is 30.6 Å². The van der Waals surface area contributed by atoms with Crippen LogP contribution in [0.5, 0.6) is 0 Å². The highest BCUT2D eigenvalue weighted by Gasteiger charge is 2.10. The first-order chi connectivity index (χ1) is 9.27. The lowest BCUT2D eigenvalue weighted by Crippen LogP contribution is -2.27. The van der Waals surface area contributed by atoms with E-state index in [0.717, 1.165) is 41.5 Å². The lowest BCUT2D eigenvalue weighted by Gasteiger charge is -2.25. The van der Waals surface area contributed by atoms with Gasteiger partial charge in [-0.1, -0.05) is 13.3 Å². The van der Waals surface area contributed by atoms with Crippen molar-refractivity contribution >= 4 is 22.1 Å². The van der Waals surface area contributed by atoms with Crippen LogP contribution in [-0.2, 0) is 0 Å². The molecular weight excluding hydrogens is 238 g/mol. The summed E-state index contributed by atoms with van der Waals surface area (Å²) in [7, 11) is 0. The highest BCUT2D eigenvalue weighted by atomic mass is 16.3. The fraction of sp³-hybridized carbons (Fsp3) is 0.400. The molecule has 19 heavy (non-hydrogen) atoms. The minimum atomic E-state index is 0.153. The first-order valence-electron chi connectivity index (χ1n) is 6.76. The zero-order valence-corrected chi connectivity index (χ0v) is 11.3. The number of nitrogens with zero attached hydrogens (tertiary/aromatic N) is 2. The van der Waals surface area contributed by atoms with Crippen molar-refractivity contribution in [3.8, 4) is 0 Å². The minimum absolute atomic E-state index is 0.153. The van der Waals surface area contributed by atoms with Crippen LogP contribution in [-0.4, -0.2) is 29.8 Å². The maximum atomic E-state index is 9.25. The normalized spacial score (nSPS) is 10.8. The minimum Gasteiger partial charge on any atom is -0.398 e. The van der Waals surface area contributed by atoms with Gasteiger partial charge in [0.05, 0.1) is 6.61 Å². The molecule has 1 aromatic carbocycles. The van der Waals surface area contributed by atoms with Crippen LogP contribution in [0.2, 0.25) is 0 Å². The molecule has 2 rings (SSSR count). The predicted molar refractivity (Wildman–Crippen MR) is 80.4 cm³/mol. The van der Waals surface area contributed by atoms with Crippen molar-refractivity contribution in [3.63, 3.8) is 0 Å². The molecule has 0 aliphatic heterocycles. The molecule has 4 heteroatoms. The number of hydrogen-bond acceptors (Lipinski definition) is 4. The van der Waals surface area contributed by atoms with Gasteiger partial charge in [0.1, 0.15) is 0 Å². The number of pyridine rings is 1. The summed E-state index contributed by atoms with van der Waals surface area (Å²) in [6, 6.07) is 5.93. The van der Waals surface area contributed by atoms with E-state index in [-0.39, 0.29) is 6.61 Å². The van der Waals surface area contributed by atoms with Gasteiger partial charge in [-0.2, -0.15) is 0 Å². The number of aromatic nitrogens is 1. The van der Waals surface area contributed by atoms with E-state index in [9.17, 15) is 5.11 Å². The fourth-order valence-corrected chi connectivity index (χ4v) is 2.29. The Bertz CT molecular complexity index is 542. The lowest BCUT2D eigenvalue weighted by atomic mass is 10.1. The number of aliphatic hydroxyl groups excluding tert-OH is 1. The number of anilines is 2. The first kappa shape index (κ1) is 13.6. The van der Waals surface area contributed by atoms with Crippen molar-refractivity contribution < 1.29 is 5.11 Å². The van der Waals surface area contributed by atoms with Crippen LogP contribution < -0.4 is 10.6 Å². The standard InChI is InChI=1S/C15H21N3O/c1-2-3-8-18(9-10-19)15-5-4-14(16)13-11-17-7-6-12(13)15/h4-7,11,19H,2-3,8-10,16H2,1H3. The summed E-state index contributed by atoms with van der Waals surface area (Å²) < 4.78 is 0. The summed E-state index contributed by atoms with van der Waals surface area (Å²) in [6.45, 7) is 3.91. The molecular formula is C15H21N3O. The van der Waals surface area contributed by atoms with Gasteiger partial charge in [0.25, 0.3) is 0 Å². The fourth-order valence-electron chi connectivity index (χ4n) is 2.29. The number of hydrogen-bond donors (Lipinski definition) is 2. The van der Waals surface area contributed by atoms with Crippen molar-refractivity contribution in [2.24, 2.45) is 0 Å². The third-order valence-corrected chi connectivity index (χ3v) is 3.32. The van der Waals surface area contributed by atoms with Crippen LogP contribution in [0.1, 0.15) is 19.8 Å². The Hall–Kier alpha value is -1.81. The summed E-state index contributed by atoms with van der Waals surface area (Å²) in [6.07, 6.45) is 5.82.